The van der Waals surface area contributed by atoms with Crippen LogP contribution >= 0.6 is 11.3 Å². The van der Waals surface area contributed by atoms with Crippen LogP contribution in [0.25, 0.3) is 109 Å². The summed E-state index contributed by atoms with van der Waals surface area (Å²) in [5.41, 5.74) is 14.5. The monoisotopic (exact) mass is 742 g/mol. The van der Waals surface area contributed by atoms with Crippen molar-refractivity contribution in [3.8, 4) is 44.8 Å². The highest BCUT2D eigenvalue weighted by molar-refractivity contribution is 7.25. The third-order valence-corrected chi connectivity index (χ3v) is 12.9. The van der Waals surface area contributed by atoms with E-state index in [0.29, 0.717) is 0 Å². The molecule has 0 N–H and O–H groups in total. The third-order valence-electron chi connectivity index (χ3n) is 11.7. The number of hydrogen-bond acceptors (Lipinski definition) is 1. The number of hydrogen-bond donors (Lipinski definition) is 0. The summed E-state index contributed by atoms with van der Waals surface area (Å²) < 4.78 is 7.48. The molecule has 0 aliphatic rings. The normalized spacial score (nSPS) is 11.9. The molecule has 0 aliphatic heterocycles. The molecule has 12 aromatic rings. The maximum absolute atomic E-state index is 2.41. The van der Waals surface area contributed by atoms with E-state index >= 15 is 0 Å². The maximum atomic E-state index is 2.41. The molecular formula is C54H34N2S. The minimum Gasteiger partial charge on any atom is -0.309 e. The largest absolute Gasteiger partial charge is 0.309 e. The molecule has 0 amide bonds. The Balaban J connectivity index is 0.944. The third kappa shape index (κ3) is 5.10. The van der Waals surface area contributed by atoms with E-state index in [0.717, 1.165) is 11.4 Å². The van der Waals surface area contributed by atoms with Gasteiger partial charge in [-0.2, -0.15) is 0 Å². The first-order valence-electron chi connectivity index (χ1n) is 19.5. The predicted molar refractivity (Wildman–Crippen MR) is 244 cm³/mol. The van der Waals surface area contributed by atoms with E-state index in [4.69, 9.17) is 0 Å². The lowest BCUT2D eigenvalue weighted by Gasteiger charge is -2.11. The van der Waals surface area contributed by atoms with Crippen molar-refractivity contribution in [3.63, 3.8) is 0 Å². The van der Waals surface area contributed by atoms with Crippen LogP contribution in [0.5, 0.6) is 0 Å². The summed E-state index contributed by atoms with van der Waals surface area (Å²) in [6.45, 7) is 0. The summed E-state index contributed by atoms with van der Waals surface area (Å²) >= 11 is 1.87. The zero-order valence-corrected chi connectivity index (χ0v) is 31.7. The fourth-order valence-electron chi connectivity index (χ4n) is 9.02. The molecule has 9 aromatic carbocycles. The molecule has 3 heterocycles. The molecule has 0 spiro atoms. The Morgan fingerprint density at radius 1 is 0.246 bits per heavy atom. The summed E-state index contributed by atoms with van der Waals surface area (Å²) in [5, 5.41) is 7.68. The topological polar surface area (TPSA) is 9.86 Å². The van der Waals surface area contributed by atoms with E-state index in [2.05, 4.69) is 215 Å². The van der Waals surface area contributed by atoms with Gasteiger partial charge in [-0.1, -0.05) is 133 Å². The highest BCUT2D eigenvalue weighted by Crippen LogP contribution is 2.40. The number of nitrogens with zero attached hydrogens (tertiary/aromatic N) is 2. The maximum Gasteiger partial charge on any atom is 0.0541 e. The van der Waals surface area contributed by atoms with Gasteiger partial charge in [-0.25, -0.2) is 0 Å². The summed E-state index contributed by atoms with van der Waals surface area (Å²) in [6, 6.07) is 75.7. The van der Waals surface area contributed by atoms with Crippen LogP contribution < -0.4 is 0 Å². The van der Waals surface area contributed by atoms with Gasteiger partial charge in [-0.3, -0.25) is 0 Å². The summed E-state index contributed by atoms with van der Waals surface area (Å²) in [4.78, 5) is 0. The number of thiophene rings is 1. The molecule has 0 atom stereocenters. The van der Waals surface area contributed by atoms with E-state index in [1.54, 1.807) is 0 Å². The van der Waals surface area contributed by atoms with Crippen LogP contribution in [0.4, 0.5) is 0 Å². The lowest BCUT2D eigenvalue weighted by molar-refractivity contribution is 1.18. The zero-order chi connectivity index (χ0) is 37.5. The van der Waals surface area contributed by atoms with Crippen molar-refractivity contribution in [2.75, 3.05) is 0 Å². The molecule has 266 valence electrons. The minimum absolute atomic E-state index is 1.16. The molecule has 12 rings (SSSR count). The van der Waals surface area contributed by atoms with E-state index in [1.807, 2.05) is 11.3 Å². The highest BCUT2D eigenvalue weighted by Gasteiger charge is 2.17. The summed E-state index contributed by atoms with van der Waals surface area (Å²) in [6.07, 6.45) is 0. The number of aromatic nitrogens is 2. The van der Waals surface area contributed by atoms with E-state index in [9.17, 15) is 0 Å². The van der Waals surface area contributed by atoms with Crippen molar-refractivity contribution in [1.82, 2.24) is 9.13 Å². The van der Waals surface area contributed by atoms with Crippen LogP contribution in [0.2, 0.25) is 0 Å². The Morgan fingerprint density at radius 2 is 0.719 bits per heavy atom. The average molecular weight is 743 g/mol. The lowest BCUT2D eigenvalue weighted by atomic mass is 10.0. The number of para-hydroxylation sites is 2. The molecule has 0 saturated heterocycles. The smallest absolute Gasteiger partial charge is 0.0541 e. The van der Waals surface area contributed by atoms with Crippen molar-refractivity contribution >= 4 is 75.1 Å². The van der Waals surface area contributed by atoms with E-state index < -0.39 is 0 Å². The Labute approximate surface area is 333 Å². The lowest BCUT2D eigenvalue weighted by Crippen LogP contribution is -1.94. The van der Waals surface area contributed by atoms with Gasteiger partial charge in [0.05, 0.1) is 22.1 Å². The SMILES string of the molecule is c1ccc(-c2cccc(-n3c4ccccc4c4cc(-c5ccc6c(c5)c5ccccc5n6-c5ccc(-c6ccc7c(c6)sc6ccccc67)cc5)ccc43)c2)cc1. The van der Waals surface area contributed by atoms with Gasteiger partial charge in [0.2, 0.25) is 0 Å². The number of benzene rings is 9. The van der Waals surface area contributed by atoms with Gasteiger partial charge in [0.15, 0.2) is 0 Å². The molecule has 57 heavy (non-hydrogen) atoms. The first-order chi connectivity index (χ1) is 28.2. The van der Waals surface area contributed by atoms with Gasteiger partial charge in [0.1, 0.15) is 0 Å². The Kier molecular flexibility index (Phi) is 7.13. The second-order valence-corrected chi connectivity index (χ2v) is 16.0. The Morgan fingerprint density at radius 3 is 1.42 bits per heavy atom. The van der Waals surface area contributed by atoms with Gasteiger partial charge < -0.3 is 9.13 Å². The van der Waals surface area contributed by atoms with Crippen molar-refractivity contribution in [3.05, 3.63) is 206 Å². The second-order valence-electron chi connectivity index (χ2n) is 14.9. The molecule has 0 radical (unpaired) electrons. The minimum atomic E-state index is 1.16. The second kappa shape index (κ2) is 12.7. The number of fused-ring (bicyclic) bond motifs is 9. The highest BCUT2D eigenvalue weighted by atomic mass is 32.1. The Hall–Kier alpha value is -7.20. The number of rotatable bonds is 5. The van der Waals surface area contributed by atoms with Crippen LogP contribution in [0.3, 0.4) is 0 Å². The molecule has 2 nitrogen and oxygen atoms in total. The van der Waals surface area contributed by atoms with Gasteiger partial charge >= 0.3 is 0 Å². The van der Waals surface area contributed by atoms with Gasteiger partial charge in [0, 0.05) is 53.1 Å². The van der Waals surface area contributed by atoms with Gasteiger partial charge in [-0.15, -0.1) is 11.3 Å². The van der Waals surface area contributed by atoms with Crippen LogP contribution in [0, 0.1) is 0 Å². The van der Waals surface area contributed by atoms with E-state index in [1.165, 1.54) is 97.2 Å². The van der Waals surface area contributed by atoms with Crippen molar-refractivity contribution in [1.29, 1.82) is 0 Å². The summed E-state index contributed by atoms with van der Waals surface area (Å²) in [7, 11) is 0. The van der Waals surface area contributed by atoms with Crippen LogP contribution in [-0.4, -0.2) is 9.13 Å². The fraction of sp³-hybridized carbons (Fsp3) is 0. The van der Waals surface area contributed by atoms with Gasteiger partial charge in [0.25, 0.3) is 0 Å². The standard InChI is InChI=1S/C54H34N2S/c1-2-11-35(12-3-1)37-13-10-14-42(31-37)56-50-19-8-5-16-44(50)48-33-39(25-30-52(48)56)38-24-29-51-47(32-38)43-15-4-7-18-49(43)55(51)41-26-21-36(22-27-41)40-23-28-46-45-17-6-9-20-53(45)57-54(46)34-40/h1-34H. The van der Waals surface area contributed by atoms with Gasteiger partial charge in [-0.05, 0) is 106 Å². The zero-order valence-electron chi connectivity index (χ0n) is 30.9. The van der Waals surface area contributed by atoms with Crippen molar-refractivity contribution in [2.24, 2.45) is 0 Å². The van der Waals surface area contributed by atoms with Crippen molar-refractivity contribution < 1.29 is 0 Å². The quantitative estimate of drug-likeness (QED) is 0.166. The first-order valence-corrected chi connectivity index (χ1v) is 20.3. The molecule has 3 heteroatoms. The first kappa shape index (κ1) is 32.1. The fourth-order valence-corrected chi connectivity index (χ4v) is 10.2. The van der Waals surface area contributed by atoms with Crippen LogP contribution in [0.1, 0.15) is 0 Å². The molecule has 0 unspecified atom stereocenters. The average Bonchev–Trinajstić information content (AvgIpc) is 3.94. The van der Waals surface area contributed by atoms with Crippen LogP contribution in [-0.2, 0) is 0 Å². The van der Waals surface area contributed by atoms with E-state index in [-0.39, 0.29) is 0 Å². The molecule has 0 aliphatic carbocycles. The molecular weight excluding hydrogens is 709 g/mol. The molecule has 3 aromatic heterocycles. The van der Waals surface area contributed by atoms with Crippen LogP contribution in [0.15, 0.2) is 206 Å². The molecule has 0 fully saturated rings. The summed E-state index contributed by atoms with van der Waals surface area (Å²) in [5.74, 6) is 0. The molecule has 0 bridgehead atoms. The van der Waals surface area contributed by atoms with Crippen molar-refractivity contribution in [2.45, 2.75) is 0 Å². The molecule has 0 saturated carbocycles. The predicted octanol–water partition coefficient (Wildman–Crippen LogP) is 15.2. The Bertz CT molecular complexity index is 3510.